The third-order valence-corrected chi connectivity index (χ3v) is 7.44. The van der Waals surface area contributed by atoms with Gasteiger partial charge in [0, 0.05) is 17.3 Å². The van der Waals surface area contributed by atoms with E-state index in [4.69, 9.17) is 19.3 Å². The maximum Gasteiger partial charge on any atom is 0.291 e. The van der Waals surface area contributed by atoms with Gasteiger partial charge in [-0.25, -0.2) is 4.68 Å². The van der Waals surface area contributed by atoms with Crippen molar-refractivity contribution in [2.75, 3.05) is 13.2 Å². The van der Waals surface area contributed by atoms with E-state index in [1.165, 1.54) is 15.9 Å². The molecule has 9 nitrogen and oxygen atoms in total. The molecule has 0 fully saturated rings. The number of rotatable bonds is 6. The molecule has 4 heterocycles. The lowest BCUT2D eigenvalue weighted by Gasteiger charge is -2.24. The summed E-state index contributed by atoms with van der Waals surface area (Å²) in [7, 11) is 0. The van der Waals surface area contributed by atoms with E-state index in [1.807, 2.05) is 103 Å². The molecule has 0 radical (unpaired) electrons. The average molecular weight is 550 g/mol. The van der Waals surface area contributed by atoms with Gasteiger partial charge in [-0.2, -0.15) is 14.6 Å². The van der Waals surface area contributed by atoms with Crippen LogP contribution < -0.4 is 24.3 Å². The summed E-state index contributed by atoms with van der Waals surface area (Å²) < 4.78 is 21.1. The summed E-state index contributed by atoms with van der Waals surface area (Å²) in [5.41, 5.74) is 3.13. The van der Waals surface area contributed by atoms with E-state index in [9.17, 15) is 4.79 Å². The van der Waals surface area contributed by atoms with Gasteiger partial charge in [0.15, 0.2) is 23.4 Å². The zero-order valence-electron chi connectivity index (χ0n) is 21.4. The molecule has 3 aromatic heterocycles. The highest BCUT2D eigenvalue weighted by Crippen LogP contribution is 2.35. The summed E-state index contributed by atoms with van der Waals surface area (Å²) >= 11 is 1.28. The lowest BCUT2D eigenvalue weighted by Crippen LogP contribution is -2.26. The lowest BCUT2D eigenvalue weighted by atomic mass is 10.1. The van der Waals surface area contributed by atoms with Crippen LogP contribution >= 0.6 is 11.3 Å². The van der Waals surface area contributed by atoms with Gasteiger partial charge in [0.1, 0.15) is 18.1 Å². The second-order valence-electron chi connectivity index (χ2n) is 9.11. The van der Waals surface area contributed by atoms with Crippen LogP contribution in [0.25, 0.3) is 28.0 Å². The zero-order valence-corrected chi connectivity index (χ0v) is 22.2. The van der Waals surface area contributed by atoms with E-state index >= 15 is 0 Å². The van der Waals surface area contributed by atoms with Crippen molar-refractivity contribution in [2.24, 2.45) is 0 Å². The molecule has 0 saturated heterocycles. The predicted octanol–water partition coefficient (Wildman–Crippen LogP) is 4.46. The number of thiazole rings is 1. The summed E-state index contributed by atoms with van der Waals surface area (Å²) in [4.78, 5) is 18.5. The minimum atomic E-state index is -0.496. The van der Waals surface area contributed by atoms with Crippen molar-refractivity contribution in [3.05, 3.63) is 111 Å². The third kappa shape index (κ3) is 4.38. The summed E-state index contributed by atoms with van der Waals surface area (Å²) in [6, 6.07) is 25.1. The summed E-state index contributed by atoms with van der Waals surface area (Å²) in [6.45, 7) is 2.82. The molecule has 10 heteroatoms. The van der Waals surface area contributed by atoms with Crippen LogP contribution in [-0.2, 0) is 0 Å². The van der Waals surface area contributed by atoms with Crippen molar-refractivity contribution in [1.82, 2.24) is 24.4 Å². The van der Waals surface area contributed by atoms with Gasteiger partial charge >= 0.3 is 0 Å². The quantitative estimate of drug-likeness (QED) is 0.303. The van der Waals surface area contributed by atoms with Gasteiger partial charge in [0.05, 0.1) is 16.8 Å². The highest BCUT2D eigenvalue weighted by atomic mass is 32.1. The molecule has 0 saturated carbocycles. The van der Waals surface area contributed by atoms with Gasteiger partial charge in [-0.1, -0.05) is 41.7 Å². The Morgan fingerprint density at radius 2 is 1.77 bits per heavy atom. The normalized spacial score (nSPS) is 15.0. The monoisotopic (exact) mass is 549 g/mol. The van der Waals surface area contributed by atoms with Gasteiger partial charge in [-0.15, -0.1) is 5.10 Å². The first kappa shape index (κ1) is 24.1. The van der Waals surface area contributed by atoms with E-state index in [2.05, 4.69) is 10.1 Å². The Morgan fingerprint density at radius 3 is 2.55 bits per heavy atom. The van der Waals surface area contributed by atoms with E-state index < -0.39 is 6.10 Å². The van der Waals surface area contributed by atoms with Crippen LogP contribution in [0.15, 0.2) is 89.9 Å². The van der Waals surface area contributed by atoms with Crippen molar-refractivity contribution in [3.63, 3.8) is 0 Å². The molecule has 0 spiro atoms. The topological polar surface area (TPSA) is 92.8 Å². The molecule has 1 atom stereocenters. The average Bonchev–Trinajstić information content (AvgIpc) is 3.69. The van der Waals surface area contributed by atoms with Crippen molar-refractivity contribution >= 4 is 22.4 Å². The minimum Gasteiger partial charge on any atom is -0.494 e. The van der Waals surface area contributed by atoms with E-state index in [0.29, 0.717) is 33.4 Å². The molecule has 6 aromatic rings. The molecule has 1 aliphatic rings. The SMILES string of the molecule is CCOc1ccc(-c2nn(-c3ccccc3)cc2C=c2sc3nc(C4COc5ccccc5O4)nn3c2=O)cc1. The number of nitrogens with zero attached hydrogens (tertiary/aromatic N) is 5. The number of para-hydroxylation sites is 3. The van der Waals surface area contributed by atoms with Crippen molar-refractivity contribution < 1.29 is 14.2 Å². The highest BCUT2D eigenvalue weighted by molar-refractivity contribution is 7.15. The molecule has 40 heavy (non-hydrogen) atoms. The third-order valence-electron chi connectivity index (χ3n) is 6.48. The van der Waals surface area contributed by atoms with Crippen LogP contribution in [0.5, 0.6) is 17.2 Å². The van der Waals surface area contributed by atoms with Crippen LogP contribution in [0.1, 0.15) is 24.4 Å². The first-order chi connectivity index (χ1) is 19.7. The Morgan fingerprint density at radius 1 is 1.00 bits per heavy atom. The van der Waals surface area contributed by atoms with E-state index in [0.717, 1.165) is 28.3 Å². The number of hydrogen-bond acceptors (Lipinski definition) is 8. The predicted molar refractivity (Wildman–Crippen MR) is 151 cm³/mol. The molecule has 1 unspecified atom stereocenters. The fourth-order valence-corrected chi connectivity index (χ4v) is 5.48. The van der Waals surface area contributed by atoms with Crippen molar-refractivity contribution in [1.29, 1.82) is 0 Å². The number of benzene rings is 3. The smallest absolute Gasteiger partial charge is 0.291 e. The summed E-state index contributed by atoms with van der Waals surface area (Å²) in [5, 5.41) is 9.34. The molecule has 0 aliphatic carbocycles. The standard InChI is InChI=1S/C30H23N5O4S/c1-2-37-22-14-12-19(13-15-22)27-20(17-34(32-27)21-8-4-3-5-9-21)16-26-29(36)35-30(40-26)31-28(33-35)25-18-38-23-10-6-7-11-24(23)39-25/h3-17,25H,2,18H2,1H3. The van der Waals surface area contributed by atoms with Crippen LogP contribution in [0.2, 0.25) is 0 Å². The second kappa shape index (κ2) is 9.97. The van der Waals surface area contributed by atoms with Crippen LogP contribution in [-0.4, -0.2) is 37.6 Å². The van der Waals surface area contributed by atoms with Crippen molar-refractivity contribution in [3.8, 4) is 34.2 Å². The van der Waals surface area contributed by atoms with Crippen LogP contribution in [0.3, 0.4) is 0 Å². The molecule has 0 bridgehead atoms. The fraction of sp³-hybridized carbons (Fsp3) is 0.133. The van der Waals surface area contributed by atoms with E-state index in [1.54, 1.807) is 0 Å². The minimum absolute atomic E-state index is 0.249. The van der Waals surface area contributed by atoms with Crippen molar-refractivity contribution in [2.45, 2.75) is 13.0 Å². The number of aromatic nitrogens is 5. The first-order valence-corrected chi connectivity index (χ1v) is 13.7. The van der Waals surface area contributed by atoms with E-state index in [-0.39, 0.29) is 12.2 Å². The first-order valence-electron chi connectivity index (χ1n) is 12.8. The van der Waals surface area contributed by atoms with Crippen LogP contribution in [0, 0.1) is 0 Å². The number of ether oxygens (including phenoxy) is 3. The summed E-state index contributed by atoms with van der Waals surface area (Å²) in [6.07, 6.45) is 3.27. The number of fused-ring (bicyclic) bond motifs is 2. The Kier molecular flexibility index (Phi) is 6.01. The van der Waals surface area contributed by atoms with Gasteiger partial charge in [-0.05, 0) is 61.5 Å². The second-order valence-corrected chi connectivity index (χ2v) is 10.1. The summed E-state index contributed by atoms with van der Waals surface area (Å²) in [5.74, 6) is 2.51. The molecule has 0 N–H and O–H groups in total. The molecule has 1 aliphatic heterocycles. The van der Waals surface area contributed by atoms with Gasteiger partial charge in [-0.3, -0.25) is 4.79 Å². The fourth-order valence-electron chi connectivity index (χ4n) is 4.58. The molecule has 3 aromatic carbocycles. The molecule has 0 amide bonds. The van der Waals surface area contributed by atoms with Gasteiger partial charge in [0.25, 0.3) is 5.56 Å². The van der Waals surface area contributed by atoms with Crippen LogP contribution in [0.4, 0.5) is 0 Å². The molecule has 7 rings (SSSR count). The highest BCUT2D eigenvalue weighted by Gasteiger charge is 2.27. The Balaban J connectivity index is 1.27. The molecular formula is C30H23N5O4S. The maximum atomic E-state index is 13.4. The molecular weight excluding hydrogens is 526 g/mol. The zero-order chi connectivity index (χ0) is 27.1. The number of hydrogen-bond donors (Lipinski definition) is 0. The maximum absolute atomic E-state index is 13.4. The Labute approximate surface area is 232 Å². The molecule has 198 valence electrons. The lowest BCUT2D eigenvalue weighted by molar-refractivity contribution is 0.0852. The van der Waals surface area contributed by atoms with Gasteiger partial charge < -0.3 is 14.2 Å². The Bertz CT molecular complexity index is 1930. The Hall–Kier alpha value is -4.96. The largest absolute Gasteiger partial charge is 0.494 e. The van der Waals surface area contributed by atoms with Gasteiger partial charge in [0.2, 0.25) is 4.96 Å².